The number of rotatable bonds is 5. The molecule has 0 saturated carbocycles. The Labute approximate surface area is 123 Å². The Morgan fingerprint density at radius 1 is 1.38 bits per heavy atom. The quantitative estimate of drug-likeness (QED) is 0.912. The molecule has 21 heavy (non-hydrogen) atoms. The first kappa shape index (κ1) is 15.0. The van der Waals surface area contributed by atoms with Gasteiger partial charge in [-0.3, -0.25) is 14.3 Å². The zero-order valence-electron chi connectivity index (χ0n) is 12.4. The van der Waals surface area contributed by atoms with Crippen LogP contribution in [0.4, 0.5) is 0 Å². The van der Waals surface area contributed by atoms with Gasteiger partial charge >= 0.3 is 5.97 Å². The Kier molecular flexibility index (Phi) is 4.26. The Hall–Kier alpha value is -2.37. The number of aromatic nitrogens is 2. The first-order valence-corrected chi connectivity index (χ1v) is 6.90. The van der Waals surface area contributed by atoms with Crippen LogP contribution in [-0.4, -0.2) is 44.3 Å². The maximum atomic E-state index is 12.7. The van der Waals surface area contributed by atoms with Gasteiger partial charge in [-0.25, -0.2) is 0 Å². The van der Waals surface area contributed by atoms with Crippen LogP contribution in [0.5, 0.6) is 0 Å². The van der Waals surface area contributed by atoms with Crippen molar-refractivity contribution in [2.45, 2.75) is 26.3 Å². The third-order valence-corrected chi connectivity index (χ3v) is 3.56. The minimum atomic E-state index is -0.917. The molecule has 0 spiro atoms. The number of carbonyl (C=O) groups is 2. The normalized spacial score (nSPS) is 12.3. The Bertz CT molecular complexity index is 678. The van der Waals surface area contributed by atoms with Crippen molar-refractivity contribution in [1.29, 1.82) is 0 Å². The molecule has 6 nitrogen and oxygen atoms in total. The molecule has 6 heteroatoms. The average Bonchev–Trinajstić information content (AvgIpc) is 2.76. The zero-order chi connectivity index (χ0) is 15.6. The molecule has 0 aliphatic rings. The number of carboxylic acid groups (broad SMARTS) is 1. The minimum Gasteiger partial charge on any atom is -0.481 e. The summed E-state index contributed by atoms with van der Waals surface area (Å²) in [6.45, 7) is 4.01. The van der Waals surface area contributed by atoms with Crippen LogP contribution in [0.3, 0.4) is 0 Å². The summed E-state index contributed by atoms with van der Waals surface area (Å²) in [5.41, 5.74) is 1.25. The Balaban J connectivity index is 2.38. The van der Waals surface area contributed by atoms with Gasteiger partial charge in [0.2, 0.25) is 0 Å². The molecule has 0 radical (unpaired) electrons. The number of nitrogens with zero attached hydrogens (tertiary/aromatic N) is 3. The van der Waals surface area contributed by atoms with Gasteiger partial charge in [0.15, 0.2) is 5.69 Å². The second kappa shape index (κ2) is 5.95. The fourth-order valence-corrected chi connectivity index (χ4v) is 2.53. The molecule has 1 amide bonds. The van der Waals surface area contributed by atoms with Crippen molar-refractivity contribution in [3.05, 3.63) is 30.0 Å². The highest BCUT2D eigenvalue weighted by molar-refractivity contribution is 6.05. The molecule has 1 heterocycles. The third kappa shape index (κ3) is 2.89. The first-order chi connectivity index (χ1) is 9.95. The van der Waals surface area contributed by atoms with E-state index in [1.807, 2.05) is 31.2 Å². The van der Waals surface area contributed by atoms with Gasteiger partial charge in [-0.1, -0.05) is 18.2 Å². The number of fused-ring (bicyclic) bond motifs is 1. The molecule has 1 atom stereocenters. The van der Waals surface area contributed by atoms with E-state index in [4.69, 9.17) is 5.11 Å². The lowest BCUT2D eigenvalue weighted by Gasteiger charge is -2.26. The number of benzene rings is 1. The Morgan fingerprint density at radius 2 is 2.05 bits per heavy atom. The number of amides is 1. The highest BCUT2D eigenvalue weighted by Gasteiger charge is 2.25. The van der Waals surface area contributed by atoms with Crippen molar-refractivity contribution < 1.29 is 14.7 Å². The molecule has 2 aromatic rings. The molecule has 0 fully saturated rings. The van der Waals surface area contributed by atoms with E-state index in [0.29, 0.717) is 12.2 Å². The van der Waals surface area contributed by atoms with Crippen LogP contribution < -0.4 is 0 Å². The van der Waals surface area contributed by atoms with Gasteiger partial charge in [0, 0.05) is 25.0 Å². The van der Waals surface area contributed by atoms with Crippen molar-refractivity contribution in [3.8, 4) is 0 Å². The smallest absolute Gasteiger partial charge is 0.305 e. The van der Waals surface area contributed by atoms with Gasteiger partial charge in [-0.05, 0) is 19.9 Å². The number of para-hydroxylation sites is 1. The molecule has 1 aromatic carbocycles. The summed E-state index contributed by atoms with van der Waals surface area (Å²) in [4.78, 5) is 25.1. The number of aliphatic carboxylic acids is 1. The van der Waals surface area contributed by atoms with Crippen molar-refractivity contribution >= 4 is 22.8 Å². The van der Waals surface area contributed by atoms with E-state index < -0.39 is 5.97 Å². The van der Waals surface area contributed by atoms with E-state index in [0.717, 1.165) is 10.9 Å². The predicted molar refractivity (Wildman–Crippen MR) is 79.1 cm³/mol. The molecule has 1 N–H and O–H groups in total. The summed E-state index contributed by atoms with van der Waals surface area (Å²) in [5.74, 6) is -1.15. The molecule has 1 aromatic heterocycles. The van der Waals surface area contributed by atoms with Crippen LogP contribution in [0.1, 0.15) is 30.8 Å². The van der Waals surface area contributed by atoms with Gasteiger partial charge in [0.05, 0.1) is 11.9 Å². The fourth-order valence-electron chi connectivity index (χ4n) is 2.53. The zero-order valence-corrected chi connectivity index (χ0v) is 12.4. The van der Waals surface area contributed by atoms with Crippen LogP contribution in [0, 0.1) is 0 Å². The van der Waals surface area contributed by atoms with E-state index in [2.05, 4.69) is 5.10 Å². The number of hydrogen-bond acceptors (Lipinski definition) is 3. The summed E-state index contributed by atoms with van der Waals surface area (Å²) in [6, 6.07) is 7.13. The summed E-state index contributed by atoms with van der Waals surface area (Å²) in [7, 11) is 1.79. The highest BCUT2D eigenvalue weighted by atomic mass is 16.4. The van der Waals surface area contributed by atoms with Gasteiger partial charge < -0.3 is 10.0 Å². The van der Waals surface area contributed by atoms with E-state index >= 15 is 0 Å². The van der Waals surface area contributed by atoms with Crippen molar-refractivity contribution in [2.75, 3.05) is 6.54 Å². The molecule has 2 rings (SSSR count). The van der Waals surface area contributed by atoms with E-state index in [-0.39, 0.29) is 18.4 Å². The maximum absolute atomic E-state index is 12.7. The summed E-state index contributed by atoms with van der Waals surface area (Å²) in [6.07, 6.45) is -0.0790. The van der Waals surface area contributed by atoms with Crippen LogP contribution in [0.2, 0.25) is 0 Å². The molecule has 0 aliphatic heterocycles. The molecular formula is C15H19N3O3. The van der Waals surface area contributed by atoms with Crippen LogP contribution in [0.15, 0.2) is 24.3 Å². The topological polar surface area (TPSA) is 75.4 Å². The SMILES string of the molecule is CCN(C(=O)c1nn(C)c2ccccc12)C(C)CC(=O)O. The molecular weight excluding hydrogens is 270 g/mol. The van der Waals surface area contributed by atoms with Gasteiger partial charge in [-0.15, -0.1) is 0 Å². The molecule has 1 unspecified atom stereocenters. The first-order valence-electron chi connectivity index (χ1n) is 6.90. The number of aryl methyl sites for hydroxylation is 1. The monoisotopic (exact) mass is 289 g/mol. The van der Waals surface area contributed by atoms with Crippen LogP contribution in [-0.2, 0) is 11.8 Å². The van der Waals surface area contributed by atoms with E-state index in [1.54, 1.807) is 23.6 Å². The van der Waals surface area contributed by atoms with Crippen molar-refractivity contribution in [2.24, 2.45) is 7.05 Å². The van der Waals surface area contributed by atoms with Crippen LogP contribution >= 0.6 is 0 Å². The summed E-state index contributed by atoms with van der Waals surface area (Å²) < 4.78 is 1.66. The van der Waals surface area contributed by atoms with Gasteiger partial charge in [0.25, 0.3) is 5.91 Å². The minimum absolute atomic E-state index is 0.0790. The molecule has 0 saturated heterocycles. The van der Waals surface area contributed by atoms with Crippen LogP contribution in [0.25, 0.3) is 10.9 Å². The average molecular weight is 289 g/mol. The molecule has 0 bridgehead atoms. The number of carboxylic acids is 1. The van der Waals surface area contributed by atoms with Crippen molar-refractivity contribution in [1.82, 2.24) is 14.7 Å². The standard InChI is InChI=1S/C15H19N3O3/c1-4-18(10(2)9-13(19)20)15(21)14-11-7-5-6-8-12(11)17(3)16-14/h5-8,10H,4,9H2,1-3H3,(H,19,20). The highest BCUT2D eigenvalue weighted by Crippen LogP contribution is 2.20. The second-order valence-corrected chi connectivity index (χ2v) is 5.03. The number of hydrogen-bond donors (Lipinski definition) is 1. The maximum Gasteiger partial charge on any atom is 0.305 e. The van der Waals surface area contributed by atoms with Gasteiger partial charge in [-0.2, -0.15) is 5.10 Å². The molecule has 0 aliphatic carbocycles. The number of carbonyl (C=O) groups excluding carboxylic acids is 1. The fraction of sp³-hybridized carbons (Fsp3) is 0.400. The largest absolute Gasteiger partial charge is 0.481 e. The summed E-state index contributed by atoms with van der Waals surface area (Å²) in [5, 5.41) is 14.0. The summed E-state index contributed by atoms with van der Waals surface area (Å²) >= 11 is 0. The third-order valence-electron chi connectivity index (χ3n) is 3.56. The molecule has 112 valence electrons. The van der Waals surface area contributed by atoms with Crippen molar-refractivity contribution in [3.63, 3.8) is 0 Å². The lowest BCUT2D eigenvalue weighted by Crippen LogP contribution is -2.40. The predicted octanol–water partition coefficient (Wildman–Crippen LogP) is 1.90. The lowest BCUT2D eigenvalue weighted by molar-refractivity contribution is -0.138. The van der Waals surface area contributed by atoms with Gasteiger partial charge in [0.1, 0.15) is 0 Å². The second-order valence-electron chi connectivity index (χ2n) is 5.03. The Morgan fingerprint density at radius 3 is 2.67 bits per heavy atom. The van der Waals surface area contributed by atoms with E-state index in [1.165, 1.54) is 0 Å². The lowest BCUT2D eigenvalue weighted by atomic mass is 10.1. The van der Waals surface area contributed by atoms with E-state index in [9.17, 15) is 9.59 Å².